The Hall–Kier alpha value is -3.52. The summed E-state index contributed by atoms with van der Waals surface area (Å²) in [6, 6.07) is 10.9. The van der Waals surface area contributed by atoms with E-state index in [0.717, 1.165) is 30.9 Å². The molecule has 0 spiro atoms. The minimum Gasteiger partial charge on any atom is -0.504 e. The number of pyridine rings is 1. The van der Waals surface area contributed by atoms with Crippen LogP contribution in [-0.2, 0) is 24.4 Å². The average Bonchev–Trinajstić information content (AvgIpc) is 3.39. The predicted octanol–water partition coefficient (Wildman–Crippen LogP) is 3.07. The van der Waals surface area contributed by atoms with Crippen LogP contribution < -0.4 is 20.2 Å². The first-order valence-corrected chi connectivity index (χ1v) is 12.1. The number of methoxy groups -OCH3 is 1. The van der Waals surface area contributed by atoms with Crippen LogP contribution >= 0.6 is 0 Å². The fraction of sp³-hybridized carbons (Fsp3) is 0.407. The van der Waals surface area contributed by atoms with Gasteiger partial charge in [0.2, 0.25) is 5.91 Å². The van der Waals surface area contributed by atoms with Crippen molar-refractivity contribution in [2.75, 3.05) is 33.3 Å². The second-order valence-electron chi connectivity index (χ2n) is 8.79. The lowest BCUT2D eigenvalue weighted by molar-refractivity contribution is -0.120. The lowest BCUT2D eigenvalue weighted by Crippen LogP contribution is -2.35. The van der Waals surface area contributed by atoms with Gasteiger partial charge in [-0.05, 0) is 62.7 Å². The summed E-state index contributed by atoms with van der Waals surface area (Å²) in [6.07, 6.45) is 4.08. The summed E-state index contributed by atoms with van der Waals surface area (Å²) in [4.78, 5) is 28.2. The molecule has 8 nitrogen and oxygen atoms in total. The van der Waals surface area contributed by atoms with Gasteiger partial charge in [-0.15, -0.1) is 0 Å². The first kappa shape index (κ1) is 24.6. The highest BCUT2D eigenvalue weighted by molar-refractivity contribution is 5.89. The largest absolute Gasteiger partial charge is 0.504 e. The van der Waals surface area contributed by atoms with E-state index >= 15 is 0 Å². The van der Waals surface area contributed by atoms with Gasteiger partial charge in [0.25, 0.3) is 0 Å². The number of nitrogens with one attached hydrogen (secondary N) is 1. The smallest absolute Gasteiger partial charge is 0.224 e. The number of aromatic nitrogens is 1. The van der Waals surface area contributed by atoms with Crippen molar-refractivity contribution in [3.63, 3.8) is 0 Å². The van der Waals surface area contributed by atoms with Crippen LogP contribution in [0.1, 0.15) is 30.9 Å². The van der Waals surface area contributed by atoms with E-state index in [2.05, 4.69) is 10.2 Å². The first-order chi connectivity index (χ1) is 17.0. The number of ether oxygens (including phenoxy) is 2. The molecule has 1 aliphatic heterocycles. The van der Waals surface area contributed by atoms with Gasteiger partial charge < -0.3 is 29.4 Å². The number of benzene rings is 2. The van der Waals surface area contributed by atoms with Gasteiger partial charge in [0.15, 0.2) is 16.9 Å². The second kappa shape index (κ2) is 11.3. The highest BCUT2D eigenvalue weighted by Gasteiger charge is 2.18. The summed E-state index contributed by atoms with van der Waals surface area (Å²) in [7, 11) is 1.61. The second-order valence-corrected chi connectivity index (χ2v) is 8.79. The Morgan fingerprint density at radius 2 is 1.86 bits per heavy atom. The number of carbonyl (C=O) groups excluding carboxylic acids is 1. The van der Waals surface area contributed by atoms with Crippen molar-refractivity contribution in [3.8, 4) is 17.2 Å². The molecule has 2 N–H and O–H groups in total. The maximum absolute atomic E-state index is 13.3. The maximum atomic E-state index is 13.3. The lowest BCUT2D eigenvalue weighted by atomic mass is 10.1. The Balaban J connectivity index is 1.52. The molecule has 186 valence electrons. The third kappa shape index (κ3) is 5.77. The van der Waals surface area contributed by atoms with Crippen molar-refractivity contribution < 1.29 is 19.4 Å². The van der Waals surface area contributed by atoms with Crippen LogP contribution in [0.2, 0.25) is 0 Å². The lowest BCUT2D eigenvalue weighted by Gasteiger charge is -2.16. The van der Waals surface area contributed by atoms with Gasteiger partial charge in [-0.3, -0.25) is 9.59 Å². The Morgan fingerprint density at radius 3 is 2.54 bits per heavy atom. The van der Waals surface area contributed by atoms with E-state index in [1.54, 1.807) is 25.4 Å². The van der Waals surface area contributed by atoms with Gasteiger partial charge in [-0.1, -0.05) is 12.1 Å². The number of phenolic OH excluding ortho intramolecular Hbond substituents is 1. The molecule has 4 rings (SSSR count). The minimum absolute atomic E-state index is 0.0366. The van der Waals surface area contributed by atoms with Gasteiger partial charge >= 0.3 is 0 Å². The minimum atomic E-state index is -0.355. The Labute approximate surface area is 205 Å². The van der Waals surface area contributed by atoms with E-state index in [4.69, 9.17) is 9.47 Å². The van der Waals surface area contributed by atoms with Crippen molar-refractivity contribution in [1.82, 2.24) is 14.8 Å². The van der Waals surface area contributed by atoms with Crippen molar-refractivity contribution in [2.24, 2.45) is 0 Å². The Morgan fingerprint density at radius 1 is 1.11 bits per heavy atom. The van der Waals surface area contributed by atoms with Gasteiger partial charge in [-0.2, -0.15) is 0 Å². The number of nitrogens with zero attached hydrogens (tertiary/aromatic N) is 2. The van der Waals surface area contributed by atoms with Crippen molar-refractivity contribution in [1.29, 1.82) is 0 Å². The third-order valence-electron chi connectivity index (χ3n) is 6.45. The van der Waals surface area contributed by atoms with E-state index in [-0.39, 0.29) is 41.2 Å². The normalized spacial score (nSPS) is 13.8. The van der Waals surface area contributed by atoms with Crippen LogP contribution in [0.25, 0.3) is 10.9 Å². The summed E-state index contributed by atoms with van der Waals surface area (Å²) in [5.41, 5.74) is 1.49. The molecule has 1 aromatic heterocycles. The summed E-state index contributed by atoms with van der Waals surface area (Å²) in [5.74, 6) is 0.560. The fourth-order valence-corrected chi connectivity index (χ4v) is 4.48. The number of fused-ring (bicyclic) bond motifs is 1. The van der Waals surface area contributed by atoms with Gasteiger partial charge in [0.1, 0.15) is 12.4 Å². The first-order valence-electron chi connectivity index (χ1n) is 12.1. The molecular formula is C27H33N3O5. The zero-order valence-electron chi connectivity index (χ0n) is 20.4. The van der Waals surface area contributed by atoms with E-state index in [9.17, 15) is 14.7 Å². The molecule has 0 aliphatic carbocycles. The van der Waals surface area contributed by atoms with Gasteiger partial charge in [0, 0.05) is 31.4 Å². The molecule has 1 aliphatic rings. The maximum Gasteiger partial charge on any atom is 0.224 e. The number of likely N-dealkylation sites (tertiary alicyclic amines) is 1. The van der Waals surface area contributed by atoms with E-state index in [1.807, 2.05) is 35.8 Å². The number of aromatic hydroxyl groups is 1. The number of hydrogen-bond donors (Lipinski definition) is 2. The molecule has 1 amide bonds. The molecule has 0 bridgehead atoms. The highest BCUT2D eigenvalue weighted by atomic mass is 16.5. The van der Waals surface area contributed by atoms with Gasteiger partial charge in [-0.25, -0.2) is 0 Å². The Kier molecular flexibility index (Phi) is 7.92. The van der Waals surface area contributed by atoms with E-state index in [0.29, 0.717) is 24.2 Å². The summed E-state index contributed by atoms with van der Waals surface area (Å²) < 4.78 is 12.9. The highest BCUT2D eigenvalue weighted by Crippen LogP contribution is 2.33. The average molecular weight is 480 g/mol. The molecule has 1 saturated heterocycles. The Bertz CT molecular complexity index is 1230. The number of rotatable bonds is 10. The monoisotopic (exact) mass is 479 g/mol. The van der Waals surface area contributed by atoms with Crippen molar-refractivity contribution >= 4 is 16.8 Å². The molecule has 0 unspecified atom stereocenters. The van der Waals surface area contributed by atoms with E-state index in [1.165, 1.54) is 12.8 Å². The molecular weight excluding hydrogens is 446 g/mol. The SMILES string of the molecule is CCn1cc(CC(=O)NCCN2CCCC2)c(=O)c2c(O)c(OCc3ccc(OC)cc3)ccc21. The number of aryl methyl sites for hydroxylation is 1. The molecule has 0 radical (unpaired) electrons. The molecule has 3 aromatic rings. The standard InChI is InChI=1S/C27H33N3O5/c1-3-30-17-20(16-24(31)28-12-15-29-13-4-5-14-29)26(32)25-22(30)10-11-23(27(25)33)35-18-19-6-8-21(34-2)9-7-19/h6-11,17,33H,3-5,12-16,18H2,1-2H3,(H,28,31). The van der Waals surface area contributed by atoms with Gasteiger partial charge in [0.05, 0.1) is 24.4 Å². The quantitative estimate of drug-likeness (QED) is 0.464. The van der Waals surface area contributed by atoms with Crippen molar-refractivity contribution in [3.05, 3.63) is 63.9 Å². The topological polar surface area (TPSA) is 93.0 Å². The number of carbonyl (C=O) groups is 1. The molecule has 8 heteroatoms. The molecule has 1 fully saturated rings. The third-order valence-corrected chi connectivity index (χ3v) is 6.45. The van der Waals surface area contributed by atoms with Crippen LogP contribution in [0, 0.1) is 0 Å². The molecule has 0 atom stereocenters. The molecule has 0 saturated carbocycles. The summed E-state index contributed by atoms with van der Waals surface area (Å²) in [5, 5.41) is 14.1. The van der Waals surface area contributed by atoms with Crippen LogP contribution in [0.5, 0.6) is 17.2 Å². The zero-order chi connectivity index (χ0) is 24.8. The van der Waals surface area contributed by atoms with Crippen LogP contribution in [0.3, 0.4) is 0 Å². The number of amides is 1. The molecule has 2 aromatic carbocycles. The number of hydrogen-bond acceptors (Lipinski definition) is 6. The molecule has 2 heterocycles. The zero-order valence-corrected chi connectivity index (χ0v) is 20.4. The van der Waals surface area contributed by atoms with Crippen molar-refractivity contribution in [2.45, 2.75) is 39.3 Å². The van der Waals surface area contributed by atoms with E-state index < -0.39 is 0 Å². The summed E-state index contributed by atoms with van der Waals surface area (Å²) >= 11 is 0. The van der Waals surface area contributed by atoms with Crippen LogP contribution in [0.4, 0.5) is 0 Å². The van der Waals surface area contributed by atoms with Crippen LogP contribution in [-0.4, -0.2) is 53.8 Å². The fourth-order valence-electron chi connectivity index (χ4n) is 4.48. The predicted molar refractivity (Wildman–Crippen MR) is 135 cm³/mol. The number of phenols is 1. The summed E-state index contributed by atoms with van der Waals surface area (Å²) in [6.45, 7) is 6.29. The van der Waals surface area contributed by atoms with Crippen LogP contribution in [0.15, 0.2) is 47.4 Å². The molecule has 35 heavy (non-hydrogen) atoms.